The molecule has 1 aliphatic heterocycles. The van der Waals surface area contributed by atoms with Gasteiger partial charge in [0.25, 0.3) is 0 Å². The van der Waals surface area contributed by atoms with Crippen molar-refractivity contribution in [3.05, 3.63) is 0 Å². The normalized spacial score (nSPS) is 28.5. The molecule has 3 nitrogen and oxygen atoms in total. The minimum atomic E-state index is 0. The number of piperidine rings is 1. The number of halogens is 1. The summed E-state index contributed by atoms with van der Waals surface area (Å²) in [4.78, 5) is 14.9. The van der Waals surface area contributed by atoms with Crippen LogP contribution in [0.5, 0.6) is 0 Å². The molecule has 1 heterocycles. The van der Waals surface area contributed by atoms with Crippen molar-refractivity contribution in [1.82, 2.24) is 10.2 Å². The van der Waals surface area contributed by atoms with Gasteiger partial charge in [0.1, 0.15) is 0 Å². The van der Waals surface area contributed by atoms with Gasteiger partial charge in [0.05, 0.1) is 0 Å². The van der Waals surface area contributed by atoms with Crippen LogP contribution in [-0.2, 0) is 4.79 Å². The maximum atomic E-state index is 12.8. The van der Waals surface area contributed by atoms with E-state index in [0.29, 0.717) is 17.9 Å². The number of hydrogen-bond acceptors (Lipinski definition) is 2. The zero-order chi connectivity index (χ0) is 16.1. The van der Waals surface area contributed by atoms with Crippen molar-refractivity contribution in [2.75, 3.05) is 19.6 Å². The second-order valence-electron chi connectivity index (χ2n) is 8.31. The number of likely N-dealkylation sites (tertiary alicyclic amines) is 1. The topological polar surface area (TPSA) is 32.3 Å². The van der Waals surface area contributed by atoms with Crippen LogP contribution < -0.4 is 5.32 Å². The van der Waals surface area contributed by atoms with Crippen LogP contribution in [0.25, 0.3) is 0 Å². The van der Waals surface area contributed by atoms with Gasteiger partial charge in [-0.25, -0.2) is 0 Å². The van der Waals surface area contributed by atoms with Crippen LogP contribution in [0, 0.1) is 17.8 Å². The van der Waals surface area contributed by atoms with Crippen LogP contribution in [0.4, 0.5) is 0 Å². The van der Waals surface area contributed by atoms with Crippen molar-refractivity contribution < 1.29 is 4.79 Å². The Labute approximate surface area is 154 Å². The number of nitrogens with zero attached hydrogens (tertiary/aromatic N) is 1. The van der Waals surface area contributed by atoms with Crippen LogP contribution in [0.15, 0.2) is 0 Å². The van der Waals surface area contributed by atoms with E-state index < -0.39 is 0 Å². The molecule has 0 atom stereocenters. The monoisotopic (exact) mass is 356 g/mol. The summed E-state index contributed by atoms with van der Waals surface area (Å²) < 4.78 is 0. The molecule has 0 aromatic carbocycles. The number of amides is 1. The van der Waals surface area contributed by atoms with Crippen LogP contribution >= 0.6 is 12.4 Å². The summed E-state index contributed by atoms with van der Waals surface area (Å²) in [6.07, 6.45) is 14.1. The Kier molecular flexibility index (Phi) is 8.36. The molecule has 0 aromatic heterocycles. The summed E-state index contributed by atoms with van der Waals surface area (Å²) in [7, 11) is 0. The first-order chi connectivity index (χ1) is 11.3. The first kappa shape index (κ1) is 20.0. The zero-order valence-electron chi connectivity index (χ0n) is 15.5. The highest BCUT2D eigenvalue weighted by molar-refractivity contribution is 5.85. The lowest BCUT2D eigenvalue weighted by molar-refractivity contribution is -0.138. The van der Waals surface area contributed by atoms with Crippen LogP contribution in [0.3, 0.4) is 0 Å². The van der Waals surface area contributed by atoms with Gasteiger partial charge < -0.3 is 10.2 Å². The van der Waals surface area contributed by atoms with Gasteiger partial charge >= 0.3 is 0 Å². The van der Waals surface area contributed by atoms with Crippen molar-refractivity contribution >= 4 is 18.3 Å². The Bertz CT molecular complexity index is 370. The molecule has 24 heavy (non-hydrogen) atoms. The molecule has 0 unspecified atom stereocenters. The van der Waals surface area contributed by atoms with Crippen LogP contribution in [-0.4, -0.2) is 36.5 Å². The minimum Gasteiger partial charge on any atom is -0.342 e. The van der Waals surface area contributed by atoms with E-state index >= 15 is 0 Å². The zero-order valence-corrected chi connectivity index (χ0v) is 16.3. The molecule has 1 saturated heterocycles. The second kappa shape index (κ2) is 10.0. The van der Waals surface area contributed by atoms with Crippen molar-refractivity contribution in [1.29, 1.82) is 0 Å². The van der Waals surface area contributed by atoms with E-state index in [9.17, 15) is 4.79 Å². The highest BCUT2D eigenvalue weighted by Crippen LogP contribution is 2.33. The summed E-state index contributed by atoms with van der Waals surface area (Å²) in [6, 6.07) is 0.657. The first-order valence-corrected chi connectivity index (χ1v) is 10.3. The lowest BCUT2D eigenvalue weighted by Gasteiger charge is -2.36. The van der Waals surface area contributed by atoms with E-state index in [0.717, 1.165) is 50.6 Å². The van der Waals surface area contributed by atoms with E-state index in [1.807, 2.05) is 0 Å². The summed E-state index contributed by atoms with van der Waals surface area (Å²) in [5.41, 5.74) is 0. The van der Waals surface area contributed by atoms with Gasteiger partial charge in [-0.15, -0.1) is 12.4 Å². The Balaban J connectivity index is 0.00000208. The lowest BCUT2D eigenvalue weighted by atomic mass is 9.79. The molecule has 3 rings (SSSR count). The summed E-state index contributed by atoms with van der Waals surface area (Å²) >= 11 is 0. The number of carbonyl (C=O) groups excluding carboxylic acids is 1. The van der Waals surface area contributed by atoms with E-state index in [4.69, 9.17) is 0 Å². The highest BCUT2D eigenvalue weighted by atomic mass is 35.5. The van der Waals surface area contributed by atoms with Gasteiger partial charge in [-0.1, -0.05) is 26.2 Å². The number of nitrogens with one attached hydrogen (secondary N) is 1. The van der Waals surface area contributed by atoms with E-state index in [2.05, 4.69) is 17.1 Å². The molecule has 3 aliphatic rings. The maximum Gasteiger partial charge on any atom is 0.225 e. The second-order valence-corrected chi connectivity index (χ2v) is 8.31. The van der Waals surface area contributed by atoms with Crippen LogP contribution in [0.1, 0.15) is 77.6 Å². The predicted octanol–water partition coefficient (Wildman–Crippen LogP) is 4.40. The number of carbonyl (C=O) groups is 1. The van der Waals surface area contributed by atoms with E-state index in [-0.39, 0.29) is 12.4 Å². The van der Waals surface area contributed by atoms with E-state index in [1.54, 1.807) is 0 Å². The third-order valence-corrected chi connectivity index (χ3v) is 6.36. The summed E-state index contributed by atoms with van der Waals surface area (Å²) in [5, 5.41) is 3.71. The molecule has 4 heteroatoms. The summed E-state index contributed by atoms with van der Waals surface area (Å²) in [6.45, 7) is 5.45. The standard InChI is InChI=1S/C20H36N2O.ClH/c1-2-3-4-16-7-9-18(10-8-16)20(23)22-13-11-19(12-14-22)21-15-17-5-6-17;/h16-19,21H,2-15H2,1H3;1H. The molecule has 2 saturated carbocycles. The maximum absolute atomic E-state index is 12.8. The Morgan fingerprint density at radius 1 is 0.958 bits per heavy atom. The van der Waals surface area contributed by atoms with Crippen molar-refractivity contribution in [3.63, 3.8) is 0 Å². The SMILES string of the molecule is CCCCC1CCC(C(=O)N2CCC(NCC3CC3)CC2)CC1.Cl. The molecule has 0 radical (unpaired) electrons. The number of unbranched alkanes of at least 4 members (excludes halogenated alkanes) is 1. The average molecular weight is 357 g/mol. The fourth-order valence-corrected chi connectivity index (χ4v) is 4.41. The number of rotatable bonds is 7. The van der Waals surface area contributed by atoms with Gasteiger partial charge in [0.15, 0.2) is 0 Å². The molecule has 140 valence electrons. The average Bonchev–Trinajstić information content (AvgIpc) is 3.43. The van der Waals surface area contributed by atoms with Gasteiger partial charge in [-0.05, 0) is 69.7 Å². The quantitative estimate of drug-likeness (QED) is 0.733. The molecule has 2 aliphatic carbocycles. The van der Waals surface area contributed by atoms with Gasteiger partial charge in [0.2, 0.25) is 5.91 Å². The van der Waals surface area contributed by atoms with Gasteiger partial charge in [-0.3, -0.25) is 4.79 Å². The van der Waals surface area contributed by atoms with Gasteiger partial charge in [0, 0.05) is 25.0 Å². The third kappa shape index (κ3) is 5.91. The Morgan fingerprint density at radius 2 is 1.58 bits per heavy atom. The van der Waals surface area contributed by atoms with Crippen molar-refractivity contribution in [2.24, 2.45) is 17.8 Å². The lowest BCUT2D eigenvalue weighted by Crippen LogP contribution is -2.47. The molecule has 0 bridgehead atoms. The smallest absolute Gasteiger partial charge is 0.225 e. The molecular weight excluding hydrogens is 320 g/mol. The largest absolute Gasteiger partial charge is 0.342 e. The molecule has 1 N–H and O–H groups in total. The highest BCUT2D eigenvalue weighted by Gasteiger charge is 2.31. The molecule has 1 amide bonds. The van der Waals surface area contributed by atoms with Crippen LogP contribution in [0.2, 0.25) is 0 Å². The Morgan fingerprint density at radius 3 is 2.17 bits per heavy atom. The summed E-state index contributed by atoms with van der Waals surface area (Å²) in [5.74, 6) is 2.66. The Hall–Kier alpha value is -0.280. The third-order valence-electron chi connectivity index (χ3n) is 6.36. The fourth-order valence-electron chi connectivity index (χ4n) is 4.41. The molecule has 3 fully saturated rings. The fraction of sp³-hybridized carbons (Fsp3) is 0.950. The minimum absolute atomic E-state index is 0. The van der Waals surface area contributed by atoms with Crippen molar-refractivity contribution in [2.45, 2.75) is 83.6 Å². The molecular formula is C20H37ClN2O. The predicted molar refractivity (Wildman–Crippen MR) is 103 cm³/mol. The van der Waals surface area contributed by atoms with Crippen molar-refractivity contribution in [3.8, 4) is 0 Å². The van der Waals surface area contributed by atoms with Gasteiger partial charge in [-0.2, -0.15) is 0 Å². The number of hydrogen-bond donors (Lipinski definition) is 1. The van der Waals surface area contributed by atoms with E-state index in [1.165, 1.54) is 51.5 Å². The first-order valence-electron chi connectivity index (χ1n) is 10.3. The molecule has 0 spiro atoms. The molecule has 0 aromatic rings.